The number of aliphatic hydroxyl groups is 6. The molecule has 0 aromatic carbocycles. The van der Waals surface area contributed by atoms with Crippen LogP contribution >= 0.6 is 0 Å². The molecule has 2 aliphatic rings. The Morgan fingerprint density at radius 1 is 0.917 bits per heavy atom. The van der Waals surface area contributed by atoms with Crippen molar-refractivity contribution >= 4 is 0 Å². The van der Waals surface area contributed by atoms with Crippen molar-refractivity contribution in [1.82, 2.24) is 0 Å². The molecule has 6 N–H and O–H groups in total. The van der Waals surface area contributed by atoms with Crippen molar-refractivity contribution in [3.8, 4) is 6.07 Å². The molecule has 0 saturated carbocycles. The third-order valence-corrected chi connectivity index (χ3v) is 4.44. The highest BCUT2D eigenvalue weighted by molar-refractivity contribution is 5.02. The molecule has 0 radical (unpaired) electrons. The maximum Gasteiger partial charge on any atom is 0.187 e. The second-order valence-electron chi connectivity index (χ2n) is 6.01. The highest BCUT2D eigenvalue weighted by Gasteiger charge is 2.50. The summed E-state index contributed by atoms with van der Waals surface area (Å²) >= 11 is 0. The Labute approximate surface area is 138 Å². The maximum atomic E-state index is 10.2. The smallest absolute Gasteiger partial charge is 0.187 e. The lowest BCUT2D eigenvalue weighted by molar-refractivity contribution is -0.333. The van der Waals surface area contributed by atoms with E-state index < -0.39 is 74.3 Å². The average molecular weight is 349 g/mol. The standard InChI is InChI=1S/C14H23NO9/c1-5-6(2-15)13(10(19)8(4-17)22-5)24-14-12(21)11(20)9(18)7(3-16)23-14/h5-14,16-21H,3-4H2,1H3. The van der Waals surface area contributed by atoms with Gasteiger partial charge in [-0.25, -0.2) is 0 Å². The molecule has 2 saturated heterocycles. The fourth-order valence-electron chi connectivity index (χ4n) is 2.96. The van der Waals surface area contributed by atoms with Gasteiger partial charge in [0.1, 0.15) is 48.6 Å². The second kappa shape index (κ2) is 8.01. The normalized spacial score (nSPS) is 49.6. The number of hydrogen-bond donors (Lipinski definition) is 6. The summed E-state index contributed by atoms with van der Waals surface area (Å²) in [6.07, 6.45) is -11.7. The van der Waals surface area contributed by atoms with Crippen molar-refractivity contribution in [1.29, 1.82) is 5.26 Å². The summed E-state index contributed by atoms with van der Waals surface area (Å²) in [5.41, 5.74) is 0. The first kappa shape index (κ1) is 19.5. The SMILES string of the molecule is CC1OC(CO)C(O)C(OC2OC(CO)C(O)C(O)C2O)C1C#N. The zero-order valence-corrected chi connectivity index (χ0v) is 13.0. The zero-order chi connectivity index (χ0) is 18.0. The number of nitriles is 1. The Balaban J connectivity index is 2.18. The minimum Gasteiger partial charge on any atom is -0.394 e. The molecular formula is C14H23NO9. The molecule has 0 aromatic rings. The third-order valence-electron chi connectivity index (χ3n) is 4.44. The van der Waals surface area contributed by atoms with Crippen LogP contribution in [0.5, 0.6) is 0 Å². The predicted octanol–water partition coefficient (Wildman–Crippen LogP) is -3.55. The Morgan fingerprint density at radius 3 is 2.04 bits per heavy atom. The minimum absolute atomic E-state index is 0.502. The van der Waals surface area contributed by atoms with Gasteiger partial charge in [0.15, 0.2) is 6.29 Å². The summed E-state index contributed by atoms with van der Waals surface area (Å²) in [4.78, 5) is 0. The molecule has 2 heterocycles. The van der Waals surface area contributed by atoms with Gasteiger partial charge in [-0.1, -0.05) is 0 Å². The molecule has 138 valence electrons. The van der Waals surface area contributed by atoms with Gasteiger partial charge in [-0.05, 0) is 6.92 Å². The van der Waals surface area contributed by atoms with Crippen molar-refractivity contribution in [3.05, 3.63) is 0 Å². The van der Waals surface area contributed by atoms with E-state index in [1.54, 1.807) is 6.92 Å². The molecule has 0 aromatic heterocycles. The Bertz CT molecular complexity index is 456. The fraction of sp³-hybridized carbons (Fsp3) is 0.929. The predicted molar refractivity (Wildman–Crippen MR) is 75.2 cm³/mol. The monoisotopic (exact) mass is 349 g/mol. The van der Waals surface area contributed by atoms with E-state index in [0.717, 1.165) is 0 Å². The first-order valence-electron chi connectivity index (χ1n) is 7.65. The third kappa shape index (κ3) is 3.55. The van der Waals surface area contributed by atoms with E-state index in [2.05, 4.69) is 0 Å². The lowest BCUT2D eigenvalue weighted by atomic mass is 9.88. The van der Waals surface area contributed by atoms with Crippen molar-refractivity contribution in [2.75, 3.05) is 13.2 Å². The van der Waals surface area contributed by atoms with Gasteiger partial charge in [0, 0.05) is 0 Å². The van der Waals surface area contributed by atoms with E-state index in [1.165, 1.54) is 0 Å². The van der Waals surface area contributed by atoms with Crippen LogP contribution in [-0.4, -0.2) is 99.0 Å². The van der Waals surface area contributed by atoms with Gasteiger partial charge in [0.2, 0.25) is 0 Å². The summed E-state index contributed by atoms with van der Waals surface area (Å²) in [5.74, 6) is -0.921. The van der Waals surface area contributed by atoms with Crippen LogP contribution in [0.15, 0.2) is 0 Å². The molecule has 2 aliphatic heterocycles. The Hall–Kier alpha value is -0.870. The van der Waals surface area contributed by atoms with Gasteiger partial charge in [0.05, 0.1) is 25.4 Å². The van der Waals surface area contributed by atoms with Gasteiger partial charge in [-0.2, -0.15) is 5.26 Å². The maximum absolute atomic E-state index is 10.2. The van der Waals surface area contributed by atoms with Gasteiger partial charge in [-0.15, -0.1) is 0 Å². The van der Waals surface area contributed by atoms with Gasteiger partial charge < -0.3 is 44.8 Å². The quantitative estimate of drug-likeness (QED) is 0.298. The lowest BCUT2D eigenvalue weighted by Crippen LogP contribution is -2.62. The van der Waals surface area contributed by atoms with Crippen LogP contribution in [0.25, 0.3) is 0 Å². The molecule has 24 heavy (non-hydrogen) atoms. The highest BCUT2D eigenvalue weighted by atomic mass is 16.7. The minimum atomic E-state index is -1.65. The van der Waals surface area contributed by atoms with Crippen LogP contribution in [0.1, 0.15) is 6.92 Å². The summed E-state index contributed by atoms with van der Waals surface area (Å²) < 4.78 is 16.1. The molecular weight excluding hydrogens is 326 g/mol. The molecule has 0 aliphatic carbocycles. The molecule has 10 nitrogen and oxygen atoms in total. The number of nitrogens with zero attached hydrogens (tertiary/aromatic N) is 1. The van der Waals surface area contributed by atoms with E-state index in [0.29, 0.717) is 0 Å². The Morgan fingerprint density at radius 2 is 1.50 bits per heavy atom. The molecule has 10 heteroatoms. The van der Waals surface area contributed by atoms with Crippen LogP contribution < -0.4 is 0 Å². The molecule has 2 fully saturated rings. The molecule has 10 atom stereocenters. The molecule has 0 spiro atoms. The molecule has 0 bridgehead atoms. The Kier molecular flexibility index (Phi) is 6.49. The lowest BCUT2D eigenvalue weighted by Gasteiger charge is -2.45. The zero-order valence-electron chi connectivity index (χ0n) is 13.0. The van der Waals surface area contributed by atoms with Crippen molar-refractivity contribution in [2.24, 2.45) is 5.92 Å². The summed E-state index contributed by atoms with van der Waals surface area (Å²) in [6, 6.07) is 1.94. The molecule has 0 amide bonds. The van der Waals surface area contributed by atoms with Crippen LogP contribution in [0, 0.1) is 17.2 Å². The van der Waals surface area contributed by atoms with E-state index in [-0.39, 0.29) is 0 Å². The van der Waals surface area contributed by atoms with Gasteiger partial charge >= 0.3 is 0 Å². The van der Waals surface area contributed by atoms with E-state index in [4.69, 9.17) is 14.2 Å². The second-order valence-corrected chi connectivity index (χ2v) is 6.01. The van der Waals surface area contributed by atoms with E-state index in [1.807, 2.05) is 6.07 Å². The topological polar surface area (TPSA) is 173 Å². The van der Waals surface area contributed by atoms with Crippen LogP contribution in [0.3, 0.4) is 0 Å². The van der Waals surface area contributed by atoms with Crippen molar-refractivity contribution < 1.29 is 44.8 Å². The van der Waals surface area contributed by atoms with E-state index >= 15 is 0 Å². The summed E-state index contributed by atoms with van der Waals surface area (Å²) in [5, 5.41) is 67.5. The number of hydrogen-bond acceptors (Lipinski definition) is 10. The van der Waals surface area contributed by atoms with Crippen LogP contribution in [0.2, 0.25) is 0 Å². The van der Waals surface area contributed by atoms with Crippen molar-refractivity contribution in [3.63, 3.8) is 0 Å². The summed E-state index contributed by atoms with van der Waals surface area (Å²) in [7, 11) is 0. The fourth-order valence-corrected chi connectivity index (χ4v) is 2.96. The van der Waals surface area contributed by atoms with Crippen LogP contribution in [-0.2, 0) is 14.2 Å². The number of aliphatic hydroxyl groups excluding tert-OH is 6. The number of ether oxygens (including phenoxy) is 3. The van der Waals surface area contributed by atoms with Gasteiger partial charge in [0.25, 0.3) is 0 Å². The molecule has 10 unspecified atom stereocenters. The van der Waals surface area contributed by atoms with Crippen LogP contribution in [0.4, 0.5) is 0 Å². The number of rotatable bonds is 4. The average Bonchev–Trinajstić information content (AvgIpc) is 2.58. The first-order chi connectivity index (χ1) is 11.3. The van der Waals surface area contributed by atoms with Crippen molar-refractivity contribution in [2.45, 2.75) is 62.0 Å². The first-order valence-corrected chi connectivity index (χ1v) is 7.65. The highest BCUT2D eigenvalue weighted by Crippen LogP contribution is 2.31. The molecule has 2 rings (SSSR count). The van der Waals surface area contributed by atoms with E-state index in [9.17, 15) is 35.9 Å². The summed E-state index contributed by atoms with van der Waals surface area (Å²) in [6.45, 7) is 0.447. The van der Waals surface area contributed by atoms with Gasteiger partial charge in [-0.3, -0.25) is 0 Å². The largest absolute Gasteiger partial charge is 0.394 e.